The highest BCUT2D eigenvalue weighted by Crippen LogP contribution is 2.24. The van der Waals surface area contributed by atoms with Gasteiger partial charge in [-0.15, -0.1) is 0 Å². The summed E-state index contributed by atoms with van der Waals surface area (Å²) in [6.07, 6.45) is 1.86. The van der Waals surface area contributed by atoms with E-state index in [2.05, 4.69) is 20.9 Å². The number of carbonyl (C=O) groups is 1. The minimum Gasteiger partial charge on any atom is -0.368 e. The van der Waals surface area contributed by atoms with Crippen LogP contribution in [0.2, 0.25) is 0 Å². The molecule has 0 aliphatic carbocycles. The van der Waals surface area contributed by atoms with E-state index in [0.29, 0.717) is 11.3 Å². The summed E-state index contributed by atoms with van der Waals surface area (Å²) in [5.41, 5.74) is 8.21. The Morgan fingerprint density at radius 1 is 1.04 bits per heavy atom. The molecule has 1 saturated heterocycles. The number of nitrogens with zero attached hydrogens (tertiary/aromatic N) is 5. The van der Waals surface area contributed by atoms with Crippen LogP contribution >= 0.6 is 0 Å². The standard InChI is InChI=1S/C19H18N6O/c20-13-16-19(22-17-3-1-2-8-25(16)17)24-11-9-23(10-12-24)15-6-4-14(5-7-15)18(21)26/h1-8H,9-12H2,(H2,21,26). The molecule has 1 aliphatic heterocycles. The Hall–Kier alpha value is -3.53. The largest absolute Gasteiger partial charge is 0.368 e. The second kappa shape index (κ2) is 6.41. The zero-order valence-electron chi connectivity index (χ0n) is 14.2. The van der Waals surface area contributed by atoms with E-state index in [1.165, 1.54) is 0 Å². The number of nitriles is 1. The van der Waals surface area contributed by atoms with Crippen LogP contribution in [-0.2, 0) is 0 Å². The molecular weight excluding hydrogens is 328 g/mol. The lowest BCUT2D eigenvalue weighted by Gasteiger charge is -2.36. The van der Waals surface area contributed by atoms with E-state index >= 15 is 0 Å². The Balaban J connectivity index is 1.52. The van der Waals surface area contributed by atoms with Gasteiger partial charge in [0.1, 0.15) is 11.7 Å². The number of imidazole rings is 1. The molecule has 1 aromatic carbocycles. The summed E-state index contributed by atoms with van der Waals surface area (Å²) in [4.78, 5) is 20.2. The quantitative estimate of drug-likeness (QED) is 0.778. The summed E-state index contributed by atoms with van der Waals surface area (Å²) in [6, 6.07) is 15.3. The first-order chi connectivity index (χ1) is 12.7. The van der Waals surface area contributed by atoms with E-state index in [1.54, 1.807) is 12.1 Å². The molecule has 0 radical (unpaired) electrons. The number of carbonyl (C=O) groups excluding carboxylic acids is 1. The monoisotopic (exact) mass is 346 g/mol. The van der Waals surface area contributed by atoms with Crippen molar-refractivity contribution in [3.8, 4) is 6.07 Å². The highest BCUT2D eigenvalue weighted by atomic mass is 16.1. The number of rotatable bonds is 3. The van der Waals surface area contributed by atoms with Gasteiger partial charge in [0.25, 0.3) is 0 Å². The fourth-order valence-corrected chi connectivity index (χ4v) is 3.32. The number of piperazine rings is 1. The van der Waals surface area contributed by atoms with Gasteiger partial charge in [-0.05, 0) is 36.4 Å². The molecule has 1 amide bonds. The van der Waals surface area contributed by atoms with Crippen molar-refractivity contribution in [2.45, 2.75) is 0 Å². The number of aromatic nitrogens is 2. The fraction of sp³-hybridized carbons (Fsp3) is 0.211. The van der Waals surface area contributed by atoms with Crippen molar-refractivity contribution < 1.29 is 4.79 Å². The first-order valence-corrected chi connectivity index (χ1v) is 8.44. The molecule has 4 rings (SSSR count). The summed E-state index contributed by atoms with van der Waals surface area (Å²) >= 11 is 0. The fourth-order valence-electron chi connectivity index (χ4n) is 3.32. The summed E-state index contributed by atoms with van der Waals surface area (Å²) < 4.78 is 1.82. The van der Waals surface area contributed by atoms with Crippen molar-refractivity contribution in [1.29, 1.82) is 5.26 Å². The van der Waals surface area contributed by atoms with Gasteiger partial charge < -0.3 is 15.5 Å². The molecule has 7 heteroatoms. The smallest absolute Gasteiger partial charge is 0.248 e. The minimum atomic E-state index is -0.419. The predicted molar refractivity (Wildman–Crippen MR) is 99.3 cm³/mol. The third-order valence-corrected chi connectivity index (χ3v) is 4.71. The van der Waals surface area contributed by atoms with Crippen molar-refractivity contribution >= 4 is 23.1 Å². The summed E-state index contributed by atoms with van der Waals surface area (Å²) in [6.45, 7) is 3.18. The van der Waals surface area contributed by atoms with Crippen LogP contribution in [0.3, 0.4) is 0 Å². The zero-order valence-corrected chi connectivity index (χ0v) is 14.2. The highest BCUT2D eigenvalue weighted by molar-refractivity contribution is 5.93. The lowest BCUT2D eigenvalue weighted by Crippen LogP contribution is -2.47. The van der Waals surface area contributed by atoms with Gasteiger partial charge in [0, 0.05) is 43.6 Å². The molecule has 0 spiro atoms. The van der Waals surface area contributed by atoms with Crippen LogP contribution in [0.25, 0.3) is 5.65 Å². The normalized spacial score (nSPS) is 14.4. The van der Waals surface area contributed by atoms with Crippen LogP contribution < -0.4 is 15.5 Å². The molecule has 1 fully saturated rings. The van der Waals surface area contributed by atoms with Crippen molar-refractivity contribution in [1.82, 2.24) is 9.38 Å². The van der Waals surface area contributed by atoms with E-state index in [4.69, 9.17) is 5.73 Å². The van der Waals surface area contributed by atoms with Crippen molar-refractivity contribution in [2.24, 2.45) is 5.73 Å². The molecule has 1 aliphatic rings. The van der Waals surface area contributed by atoms with Crippen LogP contribution in [-0.4, -0.2) is 41.5 Å². The van der Waals surface area contributed by atoms with Crippen LogP contribution in [0.15, 0.2) is 48.7 Å². The van der Waals surface area contributed by atoms with Gasteiger partial charge in [-0.1, -0.05) is 6.07 Å². The summed E-state index contributed by atoms with van der Waals surface area (Å²) in [5, 5.41) is 9.55. The van der Waals surface area contributed by atoms with E-state index in [9.17, 15) is 10.1 Å². The number of pyridine rings is 1. The Bertz CT molecular complexity index is 993. The molecule has 130 valence electrons. The van der Waals surface area contributed by atoms with Gasteiger partial charge in [0.15, 0.2) is 11.5 Å². The maximum Gasteiger partial charge on any atom is 0.248 e. The number of anilines is 2. The van der Waals surface area contributed by atoms with Gasteiger partial charge in [-0.2, -0.15) is 5.26 Å². The molecule has 0 saturated carbocycles. The SMILES string of the molecule is N#Cc1c(N2CCN(c3ccc(C(N)=O)cc3)CC2)nc2ccccn12. The number of primary amides is 1. The average molecular weight is 346 g/mol. The topological polar surface area (TPSA) is 90.7 Å². The molecule has 2 aromatic heterocycles. The number of hydrogen-bond acceptors (Lipinski definition) is 5. The first kappa shape index (κ1) is 16.0. The highest BCUT2D eigenvalue weighted by Gasteiger charge is 2.23. The number of amides is 1. The molecule has 7 nitrogen and oxygen atoms in total. The summed E-state index contributed by atoms with van der Waals surface area (Å²) in [5.74, 6) is 0.319. The third-order valence-electron chi connectivity index (χ3n) is 4.71. The van der Waals surface area contributed by atoms with Crippen LogP contribution in [0.4, 0.5) is 11.5 Å². The lowest BCUT2D eigenvalue weighted by atomic mass is 10.1. The molecule has 26 heavy (non-hydrogen) atoms. The van der Waals surface area contributed by atoms with Gasteiger partial charge in [-0.25, -0.2) is 4.98 Å². The van der Waals surface area contributed by atoms with Crippen LogP contribution in [0, 0.1) is 11.3 Å². The van der Waals surface area contributed by atoms with Crippen molar-refractivity contribution in [3.05, 3.63) is 59.9 Å². The number of nitrogens with two attached hydrogens (primary N) is 1. The number of hydrogen-bond donors (Lipinski definition) is 1. The molecule has 2 N–H and O–H groups in total. The zero-order chi connectivity index (χ0) is 18.1. The Kier molecular flexibility index (Phi) is 3.93. The lowest BCUT2D eigenvalue weighted by molar-refractivity contribution is 0.100. The number of fused-ring (bicyclic) bond motifs is 1. The molecule has 0 atom stereocenters. The Morgan fingerprint density at radius 2 is 1.73 bits per heavy atom. The predicted octanol–water partition coefficient (Wildman–Crippen LogP) is 1.63. The molecular formula is C19H18N6O. The van der Waals surface area contributed by atoms with E-state index in [0.717, 1.165) is 43.3 Å². The van der Waals surface area contributed by atoms with Gasteiger partial charge in [0.2, 0.25) is 5.91 Å². The average Bonchev–Trinajstić information content (AvgIpc) is 3.07. The molecule has 3 aromatic rings. The maximum atomic E-state index is 11.2. The maximum absolute atomic E-state index is 11.2. The number of benzene rings is 1. The molecule has 3 heterocycles. The molecule has 0 unspecified atom stereocenters. The van der Waals surface area contributed by atoms with Crippen molar-refractivity contribution in [3.63, 3.8) is 0 Å². The van der Waals surface area contributed by atoms with E-state index < -0.39 is 5.91 Å². The Labute approximate surface area is 150 Å². The third kappa shape index (κ3) is 2.71. The van der Waals surface area contributed by atoms with E-state index in [1.807, 2.05) is 40.9 Å². The van der Waals surface area contributed by atoms with Crippen LogP contribution in [0.1, 0.15) is 16.1 Å². The molecule has 0 bridgehead atoms. The van der Waals surface area contributed by atoms with E-state index in [-0.39, 0.29) is 0 Å². The van der Waals surface area contributed by atoms with Crippen molar-refractivity contribution in [2.75, 3.05) is 36.0 Å². The second-order valence-corrected chi connectivity index (χ2v) is 6.21. The minimum absolute atomic E-state index is 0.419. The van der Waals surface area contributed by atoms with Gasteiger partial charge in [-0.3, -0.25) is 9.20 Å². The van der Waals surface area contributed by atoms with Gasteiger partial charge in [0.05, 0.1) is 0 Å². The van der Waals surface area contributed by atoms with Crippen LogP contribution in [0.5, 0.6) is 0 Å². The first-order valence-electron chi connectivity index (χ1n) is 8.44. The van der Waals surface area contributed by atoms with Gasteiger partial charge >= 0.3 is 0 Å². The summed E-state index contributed by atoms with van der Waals surface area (Å²) in [7, 11) is 0. The Morgan fingerprint density at radius 3 is 2.38 bits per heavy atom. The second-order valence-electron chi connectivity index (χ2n) is 6.21.